The lowest BCUT2D eigenvalue weighted by molar-refractivity contribution is -0.00526. The van der Waals surface area contributed by atoms with Crippen LogP contribution in [-0.4, -0.2) is 11.4 Å². The van der Waals surface area contributed by atoms with Crippen molar-refractivity contribution in [2.45, 2.75) is 94.8 Å². The van der Waals surface area contributed by atoms with Gasteiger partial charge in [0.2, 0.25) is 0 Å². The average molecular weight is 827 g/mol. The summed E-state index contributed by atoms with van der Waals surface area (Å²) in [7, 11) is 0. The summed E-state index contributed by atoms with van der Waals surface area (Å²) in [4.78, 5) is 2.78. The molecule has 3 heterocycles. The van der Waals surface area contributed by atoms with E-state index in [4.69, 9.17) is 0 Å². The maximum Gasteiger partial charge on any atom is 0.333 e. The van der Waals surface area contributed by atoms with Crippen LogP contribution in [0.2, 0.25) is 0 Å². The molecule has 312 valence electrons. The molecule has 18 rings (SSSR count). The molecule has 1 aromatic heterocycles. The van der Waals surface area contributed by atoms with Gasteiger partial charge in [-0.2, -0.15) is 0 Å². The van der Waals surface area contributed by atoms with E-state index in [0.29, 0.717) is 5.41 Å². The summed E-state index contributed by atoms with van der Waals surface area (Å²) < 4.78 is 2.77. The fourth-order valence-electron chi connectivity index (χ4n) is 17.7. The van der Waals surface area contributed by atoms with Crippen LogP contribution in [0.25, 0.3) is 60.5 Å². The van der Waals surface area contributed by atoms with Crippen LogP contribution in [0.3, 0.4) is 0 Å². The molecule has 0 unspecified atom stereocenters. The second-order valence-corrected chi connectivity index (χ2v) is 23.0. The Morgan fingerprint density at radius 2 is 1.11 bits per heavy atom. The third-order valence-corrected chi connectivity index (χ3v) is 19.3. The number of aromatic nitrogens is 1. The third kappa shape index (κ3) is 4.74. The number of hydrogen-bond donors (Lipinski definition) is 0. The van der Waals surface area contributed by atoms with Gasteiger partial charge in [-0.15, -0.1) is 0 Å². The molecule has 3 heteroatoms. The van der Waals surface area contributed by atoms with Crippen LogP contribution in [0.15, 0.2) is 133 Å². The molecule has 0 atom stereocenters. The fraction of sp³-hybridized carbons (Fsp3) is 0.344. The smallest absolute Gasteiger partial charge is 0.333 e. The van der Waals surface area contributed by atoms with E-state index in [2.05, 4.69) is 150 Å². The molecule has 64 heavy (non-hydrogen) atoms. The normalized spacial score (nSPS) is 29.9. The van der Waals surface area contributed by atoms with E-state index >= 15 is 0 Å². The molecule has 2 nitrogen and oxygen atoms in total. The first-order valence-corrected chi connectivity index (χ1v) is 25.2. The van der Waals surface area contributed by atoms with E-state index in [9.17, 15) is 0 Å². The Hall–Kier alpha value is -5.54. The maximum absolute atomic E-state index is 2.81. The van der Waals surface area contributed by atoms with Crippen molar-refractivity contribution in [1.29, 1.82) is 0 Å². The summed E-state index contributed by atoms with van der Waals surface area (Å²) in [6.07, 6.45) is 17.2. The molecule has 0 saturated heterocycles. The Kier molecular flexibility index (Phi) is 6.94. The largest absolute Gasteiger partial charge is 0.376 e. The summed E-state index contributed by atoms with van der Waals surface area (Å²) >= 11 is 0. The molecule has 0 amide bonds. The van der Waals surface area contributed by atoms with E-state index in [-0.39, 0.29) is 12.3 Å². The first-order valence-electron chi connectivity index (χ1n) is 25.2. The van der Waals surface area contributed by atoms with Crippen LogP contribution in [0.5, 0.6) is 0 Å². The quantitative estimate of drug-likeness (QED) is 0.161. The van der Waals surface area contributed by atoms with Crippen LogP contribution in [-0.2, 0) is 10.8 Å². The lowest BCUT2D eigenvalue weighted by atomic mass is 9.42. The van der Waals surface area contributed by atoms with Crippen LogP contribution in [0.1, 0.15) is 93.7 Å². The van der Waals surface area contributed by atoms with Crippen LogP contribution >= 0.6 is 0 Å². The molecular weight excluding hydrogens is 771 g/mol. The van der Waals surface area contributed by atoms with Gasteiger partial charge in [-0.3, -0.25) is 0 Å². The van der Waals surface area contributed by atoms with Gasteiger partial charge in [0, 0.05) is 33.4 Å². The summed E-state index contributed by atoms with van der Waals surface area (Å²) in [6, 6.07) is 53.1. The second kappa shape index (κ2) is 12.4. The molecule has 8 fully saturated rings. The van der Waals surface area contributed by atoms with E-state index in [1.165, 1.54) is 165 Å². The number of anilines is 2. The molecule has 0 N–H and O–H groups in total. The highest BCUT2D eigenvalue weighted by molar-refractivity contribution is 6.93. The molecule has 8 saturated carbocycles. The summed E-state index contributed by atoms with van der Waals surface area (Å²) in [5.41, 5.74) is 20.4. The first kappa shape index (κ1) is 35.8. The lowest BCUT2D eigenvalue weighted by Crippen LogP contribution is -2.61. The molecule has 7 aromatic carbocycles. The Morgan fingerprint density at radius 1 is 0.500 bits per heavy atom. The molecule has 2 aliphatic heterocycles. The van der Waals surface area contributed by atoms with Gasteiger partial charge < -0.3 is 9.38 Å². The van der Waals surface area contributed by atoms with E-state index in [1.54, 1.807) is 11.1 Å². The van der Waals surface area contributed by atoms with Crippen molar-refractivity contribution in [2.24, 2.45) is 35.5 Å². The Labute approximate surface area is 377 Å². The molecule has 8 bridgehead atoms. The molecule has 0 spiro atoms. The molecular formula is C61H55BN2. The average Bonchev–Trinajstić information content (AvgIpc) is 3.64. The van der Waals surface area contributed by atoms with Crippen molar-refractivity contribution >= 4 is 61.7 Å². The van der Waals surface area contributed by atoms with Gasteiger partial charge in [-0.25, -0.2) is 0 Å². The minimum Gasteiger partial charge on any atom is -0.376 e. The minimum absolute atomic E-state index is 0.0395. The van der Waals surface area contributed by atoms with Gasteiger partial charge in [0.05, 0.1) is 11.0 Å². The first-order chi connectivity index (χ1) is 31.4. The predicted molar refractivity (Wildman–Crippen MR) is 267 cm³/mol. The van der Waals surface area contributed by atoms with Crippen molar-refractivity contribution in [3.8, 4) is 27.9 Å². The zero-order chi connectivity index (χ0) is 41.6. The van der Waals surface area contributed by atoms with Gasteiger partial charge in [0.15, 0.2) is 0 Å². The zero-order valence-corrected chi connectivity index (χ0v) is 37.1. The number of fused-ring (bicyclic) bond motifs is 9. The summed E-state index contributed by atoms with van der Waals surface area (Å²) in [6.45, 7) is 2.38. The van der Waals surface area contributed by atoms with Gasteiger partial charge in [0.25, 0.3) is 0 Å². The third-order valence-electron chi connectivity index (χ3n) is 19.3. The second-order valence-electron chi connectivity index (χ2n) is 23.0. The van der Waals surface area contributed by atoms with Gasteiger partial charge in [-0.1, -0.05) is 91.0 Å². The van der Waals surface area contributed by atoms with Crippen LogP contribution in [0, 0.1) is 42.4 Å². The van der Waals surface area contributed by atoms with Crippen molar-refractivity contribution in [3.05, 3.63) is 150 Å². The molecule has 8 aromatic rings. The molecule has 0 radical (unpaired) electrons. The topological polar surface area (TPSA) is 8.17 Å². The molecule has 10 aliphatic rings. The van der Waals surface area contributed by atoms with Crippen molar-refractivity contribution in [3.63, 3.8) is 0 Å². The van der Waals surface area contributed by atoms with E-state index in [0.717, 1.165) is 35.5 Å². The molecule has 8 aliphatic carbocycles. The number of aryl methyl sites for hydroxylation is 1. The van der Waals surface area contributed by atoms with Crippen LogP contribution < -0.4 is 15.7 Å². The van der Waals surface area contributed by atoms with Gasteiger partial charge >= 0.3 is 6.85 Å². The van der Waals surface area contributed by atoms with E-state index < -0.39 is 0 Å². The SMILES string of the molecule is Cc1cc2c3c(c1)-n1c4ccc(C56CC7CC(CC(C7)C5)C6)cc4c4cc(C56CC7CC(CC(C7)C5)C6)cc(c41)B3N(c1ccc(-c3ccccc3)cc1)c1ccc3ccccc3c1-2. The lowest BCUT2D eigenvalue weighted by Gasteiger charge is -2.57. The number of nitrogens with zero attached hydrogens (tertiary/aromatic N) is 2. The van der Waals surface area contributed by atoms with Gasteiger partial charge in [-0.05, 0) is 228 Å². The predicted octanol–water partition coefficient (Wildman–Crippen LogP) is 14.1. The number of benzene rings is 7. The van der Waals surface area contributed by atoms with Crippen molar-refractivity contribution in [1.82, 2.24) is 4.57 Å². The number of rotatable bonds is 4. The monoisotopic (exact) mass is 826 g/mol. The Balaban J connectivity index is 1.00. The number of hydrogen-bond acceptors (Lipinski definition) is 1. The Bertz CT molecular complexity index is 3250. The van der Waals surface area contributed by atoms with Crippen molar-refractivity contribution in [2.75, 3.05) is 4.81 Å². The minimum atomic E-state index is 0.0395. The highest BCUT2D eigenvalue weighted by Gasteiger charge is 2.54. The summed E-state index contributed by atoms with van der Waals surface area (Å²) in [5, 5.41) is 5.67. The van der Waals surface area contributed by atoms with Gasteiger partial charge in [0.1, 0.15) is 0 Å². The standard InChI is InChI=1S/C61H55BN2/c1-36-19-52-57-49-10-6-5-9-45(49)13-17-55(57)64(48-15-11-44(12-16-48)43-7-3-2-4-8-43)62-53-29-47(61-33-40-24-41(34-61)26-42(25-40)35-61)28-51-50-27-46(60-30-37-21-38(31-60)23-39(22-37)32-60)14-18-54(50)63(59(51)53)56(20-36)58(52)62/h2-20,27-29,37-42H,21-26,30-35H2,1H3. The fourth-order valence-corrected chi connectivity index (χ4v) is 17.7. The van der Waals surface area contributed by atoms with Crippen molar-refractivity contribution < 1.29 is 0 Å². The zero-order valence-electron chi connectivity index (χ0n) is 37.1. The van der Waals surface area contributed by atoms with E-state index in [1.807, 2.05) is 0 Å². The highest BCUT2D eigenvalue weighted by Crippen LogP contribution is 2.63. The maximum atomic E-state index is 2.81. The summed E-state index contributed by atoms with van der Waals surface area (Å²) in [5.74, 6) is 5.48. The highest BCUT2D eigenvalue weighted by atomic mass is 15.1. The van der Waals surface area contributed by atoms with Crippen LogP contribution in [0.4, 0.5) is 11.4 Å². The Morgan fingerprint density at radius 3 is 1.80 bits per heavy atom.